The number of halogens is 1. The highest BCUT2D eigenvalue weighted by molar-refractivity contribution is 5.42. The van der Waals surface area contributed by atoms with E-state index in [4.69, 9.17) is 4.74 Å². The normalized spacial score (nSPS) is 16.3. The Hall–Kier alpha value is -0.800. The van der Waals surface area contributed by atoms with Crippen LogP contribution in [0.4, 0.5) is 0 Å². The van der Waals surface area contributed by atoms with Crippen LogP contribution < -0.4 is 26.6 Å². The molecule has 1 aliphatic heterocycles. The monoisotopic (exact) mass is 367 g/mol. The molecule has 1 atom stereocenters. The van der Waals surface area contributed by atoms with Crippen molar-refractivity contribution in [1.82, 2.24) is 0 Å². The van der Waals surface area contributed by atoms with Gasteiger partial charge in [-0.15, -0.1) is 6.58 Å². The van der Waals surface area contributed by atoms with E-state index in [2.05, 4.69) is 31.7 Å². The number of fused-ring (bicyclic) bond motifs is 1. The molecule has 1 unspecified atom stereocenters. The molecule has 0 saturated carbocycles. The van der Waals surface area contributed by atoms with Crippen molar-refractivity contribution in [3.63, 3.8) is 0 Å². The lowest BCUT2D eigenvalue weighted by Gasteiger charge is -2.27. The maximum Gasteiger partial charge on any atom is 0.222 e. The van der Waals surface area contributed by atoms with Gasteiger partial charge < -0.3 is 21.7 Å². The largest absolute Gasteiger partial charge is 1.00 e. The third kappa shape index (κ3) is 5.77. The van der Waals surface area contributed by atoms with Crippen molar-refractivity contribution in [2.45, 2.75) is 58.4 Å². The van der Waals surface area contributed by atoms with Crippen LogP contribution in [0.15, 0.2) is 30.9 Å². The number of rotatable bonds is 9. The molecule has 0 fully saturated rings. The number of hydrogen-bond donors (Lipinski definition) is 1. The van der Waals surface area contributed by atoms with Crippen LogP contribution in [0.3, 0.4) is 0 Å². The highest BCUT2D eigenvalue weighted by Crippen LogP contribution is 2.25. The summed E-state index contributed by atoms with van der Waals surface area (Å²) in [6.07, 6.45) is 11.0. The minimum Gasteiger partial charge on any atom is -1.00 e. The molecule has 1 N–H and O–H groups in total. The number of unbranched alkanes of at least 4 members (excludes halogenated alkanes) is 5. The summed E-state index contributed by atoms with van der Waals surface area (Å²) in [6.45, 7) is 9.26. The molecule has 2 nitrogen and oxygen atoms in total. The maximum atomic E-state index is 6.03. The molecule has 1 aromatic carbocycles. The fourth-order valence-electron chi connectivity index (χ4n) is 3.09. The summed E-state index contributed by atoms with van der Waals surface area (Å²) in [5, 5.41) is 0. The predicted octanol–water partition coefficient (Wildman–Crippen LogP) is 0.514. The second-order valence-corrected chi connectivity index (χ2v) is 6.13. The van der Waals surface area contributed by atoms with Crippen molar-refractivity contribution >= 4 is 0 Å². The quantitative estimate of drug-likeness (QED) is 0.496. The number of ether oxygens (including phenoxy) is 1. The summed E-state index contributed by atoms with van der Waals surface area (Å²) in [7, 11) is 0. The number of quaternary nitrogens is 1. The first-order valence-electron chi connectivity index (χ1n) is 8.53. The van der Waals surface area contributed by atoms with Gasteiger partial charge in [0, 0.05) is 5.56 Å². The Bertz CT molecular complexity index is 447. The molecule has 1 aliphatic rings. The number of hydrogen-bond acceptors (Lipinski definition) is 1. The zero-order chi connectivity index (χ0) is 14.9. The van der Waals surface area contributed by atoms with Crippen molar-refractivity contribution < 1.29 is 26.6 Å². The lowest BCUT2D eigenvalue weighted by molar-refractivity contribution is -0.932. The molecule has 0 amide bonds. The van der Waals surface area contributed by atoms with E-state index < -0.39 is 0 Å². The molecule has 0 bridgehead atoms. The SMILES string of the molecule is C=CCc1cccc2c1OC[NH+](CCCCCCCC)C2.[Br-]. The van der Waals surface area contributed by atoms with Gasteiger partial charge in [-0.25, -0.2) is 0 Å². The van der Waals surface area contributed by atoms with Gasteiger partial charge in [0.15, 0.2) is 0 Å². The average Bonchev–Trinajstić information content (AvgIpc) is 2.51. The van der Waals surface area contributed by atoms with Crippen molar-refractivity contribution in [1.29, 1.82) is 0 Å². The summed E-state index contributed by atoms with van der Waals surface area (Å²) in [6, 6.07) is 6.51. The third-order valence-electron chi connectivity index (χ3n) is 4.29. The first-order chi connectivity index (χ1) is 10.3. The van der Waals surface area contributed by atoms with Gasteiger partial charge >= 0.3 is 0 Å². The minimum absolute atomic E-state index is 0. The van der Waals surface area contributed by atoms with Gasteiger partial charge in [-0.05, 0) is 30.9 Å². The Morgan fingerprint density at radius 1 is 1.18 bits per heavy atom. The smallest absolute Gasteiger partial charge is 0.222 e. The molecule has 0 spiro atoms. The lowest BCUT2D eigenvalue weighted by Crippen LogP contribution is -3.12. The second-order valence-electron chi connectivity index (χ2n) is 6.13. The second kappa shape index (κ2) is 10.8. The number of para-hydroxylation sites is 1. The van der Waals surface area contributed by atoms with Gasteiger partial charge in [0.1, 0.15) is 12.3 Å². The number of nitrogens with one attached hydrogen (secondary N) is 1. The molecule has 0 saturated heterocycles. The summed E-state index contributed by atoms with van der Waals surface area (Å²) in [5.74, 6) is 1.11. The van der Waals surface area contributed by atoms with Gasteiger partial charge in [0.2, 0.25) is 6.73 Å². The Balaban J connectivity index is 0.00000242. The van der Waals surface area contributed by atoms with Crippen LogP contribution in [0, 0.1) is 0 Å². The molecule has 2 rings (SSSR count). The van der Waals surface area contributed by atoms with Crippen LogP contribution in [0.5, 0.6) is 5.75 Å². The van der Waals surface area contributed by atoms with Gasteiger partial charge in [0.05, 0.1) is 6.54 Å². The zero-order valence-corrected chi connectivity index (χ0v) is 15.5. The van der Waals surface area contributed by atoms with E-state index in [-0.39, 0.29) is 17.0 Å². The van der Waals surface area contributed by atoms with Crippen molar-refractivity contribution in [3.8, 4) is 5.75 Å². The molecule has 1 heterocycles. The van der Waals surface area contributed by atoms with Crippen molar-refractivity contribution in [3.05, 3.63) is 42.0 Å². The standard InChI is InChI=1S/C19H29NO.BrH/c1-3-5-6-7-8-9-14-20-15-18-13-10-12-17(11-4-2)19(18)21-16-20;/h4,10,12-13H,2-3,5-9,11,14-16H2,1H3;1H. The van der Waals surface area contributed by atoms with Crippen LogP contribution >= 0.6 is 0 Å². The molecule has 124 valence electrons. The fraction of sp³-hybridized carbons (Fsp3) is 0.579. The van der Waals surface area contributed by atoms with E-state index in [9.17, 15) is 0 Å². The van der Waals surface area contributed by atoms with E-state index in [1.54, 1.807) is 4.90 Å². The van der Waals surface area contributed by atoms with Crippen LogP contribution in [-0.4, -0.2) is 13.3 Å². The fourth-order valence-corrected chi connectivity index (χ4v) is 3.09. The molecule has 0 aliphatic carbocycles. The van der Waals surface area contributed by atoms with Gasteiger partial charge in [-0.2, -0.15) is 0 Å². The highest BCUT2D eigenvalue weighted by Gasteiger charge is 2.21. The highest BCUT2D eigenvalue weighted by atomic mass is 79.9. The zero-order valence-electron chi connectivity index (χ0n) is 13.9. The summed E-state index contributed by atoms with van der Waals surface area (Å²) >= 11 is 0. The Labute approximate surface area is 146 Å². The predicted molar refractivity (Wildman–Crippen MR) is 88.7 cm³/mol. The van der Waals surface area contributed by atoms with Crippen LogP contribution in [0.1, 0.15) is 56.6 Å². The molecular formula is C19H30BrNO. The minimum atomic E-state index is 0. The van der Waals surface area contributed by atoms with E-state index in [0.29, 0.717) is 0 Å². The van der Waals surface area contributed by atoms with Crippen LogP contribution in [0.2, 0.25) is 0 Å². The number of allylic oxidation sites excluding steroid dienone is 1. The van der Waals surface area contributed by atoms with Gasteiger partial charge in [-0.3, -0.25) is 4.90 Å². The van der Waals surface area contributed by atoms with E-state index in [0.717, 1.165) is 25.4 Å². The summed E-state index contributed by atoms with van der Waals surface area (Å²) in [5.41, 5.74) is 2.64. The Kier molecular flexibility index (Phi) is 9.49. The topological polar surface area (TPSA) is 13.7 Å². The third-order valence-corrected chi connectivity index (χ3v) is 4.29. The molecule has 1 aromatic rings. The number of benzene rings is 1. The molecular weight excluding hydrogens is 338 g/mol. The lowest BCUT2D eigenvalue weighted by atomic mass is 10.0. The van der Waals surface area contributed by atoms with E-state index >= 15 is 0 Å². The van der Waals surface area contributed by atoms with E-state index in [1.165, 1.54) is 56.2 Å². The molecule has 0 aromatic heterocycles. The molecule has 22 heavy (non-hydrogen) atoms. The van der Waals surface area contributed by atoms with Gasteiger partial charge in [-0.1, -0.05) is 50.8 Å². The first kappa shape index (κ1) is 19.2. The maximum absolute atomic E-state index is 6.03. The average molecular weight is 368 g/mol. The Morgan fingerprint density at radius 3 is 2.73 bits per heavy atom. The van der Waals surface area contributed by atoms with Gasteiger partial charge in [0.25, 0.3) is 0 Å². The summed E-state index contributed by atoms with van der Waals surface area (Å²) < 4.78 is 6.03. The first-order valence-corrected chi connectivity index (χ1v) is 8.53. The Morgan fingerprint density at radius 2 is 1.95 bits per heavy atom. The van der Waals surface area contributed by atoms with Crippen molar-refractivity contribution in [2.75, 3.05) is 13.3 Å². The van der Waals surface area contributed by atoms with Crippen LogP contribution in [0.25, 0.3) is 0 Å². The van der Waals surface area contributed by atoms with Crippen molar-refractivity contribution in [2.24, 2.45) is 0 Å². The molecule has 3 heteroatoms. The summed E-state index contributed by atoms with van der Waals surface area (Å²) in [4.78, 5) is 1.56. The van der Waals surface area contributed by atoms with Crippen LogP contribution in [-0.2, 0) is 13.0 Å². The van der Waals surface area contributed by atoms with E-state index in [1.807, 2.05) is 6.08 Å². The molecule has 0 radical (unpaired) electrons.